The number of para-hydroxylation sites is 1. The Kier molecular flexibility index (Phi) is 4.76. The molecule has 0 spiro atoms. The first-order chi connectivity index (χ1) is 15.0. The van der Waals surface area contributed by atoms with Crippen molar-refractivity contribution in [1.82, 2.24) is 9.88 Å². The van der Waals surface area contributed by atoms with Crippen molar-refractivity contribution in [3.8, 4) is 0 Å². The second kappa shape index (κ2) is 7.48. The maximum Gasteiger partial charge on any atom is 0.349 e. The molecule has 4 aromatic rings. The maximum atomic E-state index is 13.2. The Labute approximate surface area is 186 Å². The molecule has 0 fully saturated rings. The molecule has 0 unspecified atom stereocenters. The molecule has 0 aliphatic carbocycles. The third-order valence-corrected chi connectivity index (χ3v) is 5.98. The van der Waals surface area contributed by atoms with Crippen molar-refractivity contribution in [2.45, 2.75) is 13.0 Å². The molecule has 1 aliphatic heterocycles. The van der Waals surface area contributed by atoms with E-state index in [2.05, 4.69) is 4.98 Å². The standard InChI is InChI=1S/C23H14Cl2N2O4/c24-13-7-12-8-15(23(30)31-21(12)18(25)9-13)22(29)27-6-5-20-16(10-27)17(11-28)14-3-1-2-4-19(14)26-20/h1-4,7-9,11H,5-6,10H2. The van der Waals surface area contributed by atoms with Crippen LogP contribution in [0.1, 0.15) is 32.0 Å². The van der Waals surface area contributed by atoms with Gasteiger partial charge in [-0.2, -0.15) is 0 Å². The van der Waals surface area contributed by atoms with Gasteiger partial charge in [-0.25, -0.2) is 4.79 Å². The highest BCUT2D eigenvalue weighted by atomic mass is 35.5. The third kappa shape index (κ3) is 3.28. The molecule has 0 N–H and O–H groups in total. The number of aldehydes is 1. The number of pyridine rings is 1. The maximum absolute atomic E-state index is 13.2. The fraction of sp³-hybridized carbons (Fsp3) is 0.130. The van der Waals surface area contributed by atoms with E-state index in [-0.39, 0.29) is 22.7 Å². The zero-order chi connectivity index (χ0) is 21.7. The second-order valence-corrected chi connectivity index (χ2v) is 8.16. The van der Waals surface area contributed by atoms with Gasteiger partial charge >= 0.3 is 5.63 Å². The van der Waals surface area contributed by atoms with E-state index in [1.807, 2.05) is 24.3 Å². The highest BCUT2D eigenvalue weighted by Crippen LogP contribution is 2.29. The minimum Gasteiger partial charge on any atom is -0.421 e. The van der Waals surface area contributed by atoms with Crippen molar-refractivity contribution in [1.29, 1.82) is 0 Å². The molecule has 0 atom stereocenters. The lowest BCUT2D eigenvalue weighted by molar-refractivity contribution is 0.0728. The number of carbonyl (C=O) groups excluding carboxylic acids is 2. The topological polar surface area (TPSA) is 80.5 Å². The number of halogens is 2. The van der Waals surface area contributed by atoms with Gasteiger partial charge in [-0.3, -0.25) is 14.6 Å². The van der Waals surface area contributed by atoms with Crippen molar-refractivity contribution in [3.05, 3.63) is 85.3 Å². The van der Waals surface area contributed by atoms with Crippen LogP contribution in [0.2, 0.25) is 10.0 Å². The highest BCUT2D eigenvalue weighted by Gasteiger charge is 2.28. The van der Waals surface area contributed by atoms with Crippen LogP contribution in [0.15, 0.2) is 51.7 Å². The Morgan fingerprint density at radius 3 is 2.77 bits per heavy atom. The van der Waals surface area contributed by atoms with Crippen molar-refractivity contribution >= 4 is 57.3 Å². The third-order valence-electron chi connectivity index (χ3n) is 5.48. The van der Waals surface area contributed by atoms with E-state index < -0.39 is 11.5 Å². The summed E-state index contributed by atoms with van der Waals surface area (Å²) in [5.74, 6) is -0.484. The average Bonchev–Trinajstić information content (AvgIpc) is 2.76. The quantitative estimate of drug-likeness (QED) is 0.326. The van der Waals surface area contributed by atoms with Gasteiger partial charge in [-0.1, -0.05) is 41.4 Å². The smallest absolute Gasteiger partial charge is 0.349 e. The van der Waals surface area contributed by atoms with Crippen molar-refractivity contribution in [2.24, 2.45) is 0 Å². The van der Waals surface area contributed by atoms with E-state index in [1.54, 1.807) is 6.07 Å². The summed E-state index contributed by atoms with van der Waals surface area (Å²) < 4.78 is 5.30. The molecule has 0 radical (unpaired) electrons. The summed E-state index contributed by atoms with van der Waals surface area (Å²) in [5.41, 5.74) is 2.03. The number of benzene rings is 2. The van der Waals surface area contributed by atoms with E-state index in [0.717, 1.165) is 22.9 Å². The molecule has 3 heterocycles. The summed E-state index contributed by atoms with van der Waals surface area (Å²) in [6.45, 7) is 0.539. The predicted molar refractivity (Wildman–Crippen MR) is 118 cm³/mol. The van der Waals surface area contributed by atoms with Crippen molar-refractivity contribution in [3.63, 3.8) is 0 Å². The van der Waals surface area contributed by atoms with Crippen LogP contribution in [0.25, 0.3) is 21.9 Å². The van der Waals surface area contributed by atoms with Gasteiger partial charge in [0.15, 0.2) is 11.9 Å². The summed E-state index contributed by atoms with van der Waals surface area (Å²) in [6.07, 6.45) is 1.27. The first-order valence-corrected chi connectivity index (χ1v) is 10.3. The number of aromatic nitrogens is 1. The molecular formula is C23H14Cl2N2O4. The van der Waals surface area contributed by atoms with Crippen LogP contribution in [-0.4, -0.2) is 28.6 Å². The average molecular weight is 453 g/mol. The number of fused-ring (bicyclic) bond motifs is 3. The number of nitrogens with zero attached hydrogens (tertiary/aromatic N) is 2. The van der Waals surface area contributed by atoms with E-state index in [0.29, 0.717) is 34.5 Å². The summed E-state index contributed by atoms with van der Waals surface area (Å²) in [7, 11) is 0. The summed E-state index contributed by atoms with van der Waals surface area (Å²) in [6, 6.07) is 11.9. The molecule has 6 nitrogen and oxygen atoms in total. The molecule has 0 bridgehead atoms. The summed E-state index contributed by atoms with van der Waals surface area (Å²) in [5, 5.41) is 1.75. The largest absolute Gasteiger partial charge is 0.421 e. The monoisotopic (exact) mass is 452 g/mol. The van der Waals surface area contributed by atoms with Gasteiger partial charge in [-0.05, 0) is 24.3 Å². The van der Waals surface area contributed by atoms with Crippen LogP contribution in [0.4, 0.5) is 0 Å². The molecule has 2 aromatic heterocycles. The fourth-order valence-electron chi connectivity index (χ4n) is 4.01. The van der Waals surface area contributed by atoms with Crippen molar-refractivity contribution < 1.29 is 14.0 Å². The fourth-order valence-corrected chi connectivity index (χ4v) is 4.56. The number of rotatable bonds is 2. The number of hydrogen-bond acceptors (Lipinski definition) is 5. The van der Waals surface area contributed by atoms with E-state index >= 15 is 0 Å². The molecule has 0 saturated carbocycles. The van der Waals surface area contributed by atoms with Crippen molar-refractivity contribution in [2.75, 3.05) is 6.54 Å². The lowest BCUT2D eigenvalue weighted by Crippen LogP contribution is -2.38. The number of carbonyl (C=O) groups is 2. The van der Waals surface area contributed by atoms with Crippen LogP contribution in [0.5, 0.6) is 0 Å². The van der Waals surface area contributed by atoms with Gasteiger partial charge < -0.3 is 9.32 Å². The van der Waals surface area contributed by atoms with Gasteiger partial charge in [0.05, 0.1) is 10.5 Å². The lowest BCUT2D eigenvalue weighted by atomic mass is 9.96. The van der Waals surface area contributed by atoms with Crippen LogP contribution in [-0.2, 0) is 13.0 Å². The number of amides is 1. The zero-order valence-electron chi connectivity index (χ0n) is 16.0. The van der Waals surface area contributed by atoms with Gasteiger partial charge in [0.25, 0.3) is 5.91 Å². The van der Waals surface area contributed by atoms with Gasteiger partial charge in [-0.15, -0.1) is 0 Å². The Morgan fingerprint density at radius 1 is 1.16 bits per heavy atom. The van der Waals surface area contributed by atoms with Crippen LogP contribution in [0, 0.1) is 0 Å². The lowest BCUT2D eigenvalue weighted by Gasteiger charge is -2.29. The highest BCUT2D eigenvalue weighted by molar-refractivity contribution is 6.38. The first kappa shape index (κ1) is 19.7. The predicted octanol–water partition coefficient (Wildman–Crippen LogP) is 4.66. The zero-order valence-corrected chi connectivity index (χ0v) is 17.5. The normalized spacial score (nSPS) is 13.4. The van der Waals surface area contributed by atoms with Gasteiger partial charge in [0.2, 0.25) is 0 Å². The summed E-state index contributed by atoms with van der Waals surface area (Å²) >= 11 is 12.1. The summed E-state index contributed by atoms with van der Waals surface area (Å²) in [4.78, 5) is 43.8. The van der Waals surface area contributed by atoms with Crippen LogP contribution in [0.3, 0.4) is 0 Å². The van der Waals surface area contributed by atoms with E-state index in [4.69, 9.17) is 27.6 Å². The molecule has 154 valence electrons. The molecule has 0 saturated heterocycles. The van der Waals surface area contributed by atoms with E-state index in [1.165, 1.54) is 17.0 Å². The molecule has 31 heavy (non-hydrogen) atoms. The molecular weight excluding hydrogens is 439 g/mol. The SMILES string of the molecule is O=Cc1c2c(nc3ccccc13)CCN(C(=O)c1cc3cc(Cl)cc(Cl)c3oc1=O)C2. The molecule has 8 heteroatoms. The van der Waals surface area contributed by atoms with Crippen LogP contribution < -0.4 is 5.63 Å². The Hall–Kier alpha value is -3.22. The molecule has 2 aromatic carbocycles. The number of hydrogen-bond donors (Lipinski definition) is 0. The Balaban J connectivity index is 1.57. The molecule has 5 rings (SSSR count). The van der Waals surface area contributed by atoms with E-state index in [9.17, 15) is 14.4 Å². The molecule has 1 amide bonds. The minimum absolute atomic E-state index is 0.115. The van der Waals surface area contributed by atoms with Gasteiger partial charge in [0, 0.05) is 52.1 Å². The van der Waals surface area contributed by atoms with Gasteiger partial charge in [0.1, 0.15) is 5.56 Å². The van der Waals surface area contributed by atoms with Crippen LogP contribution >= 0.6 is 23.2 Å². The second-order valence-electron chi connectivity index (χ2n) is 7.32. The first-order valence-electron chi connectivity index (χ1n) is 9.54. The minimum atomic E-state index is -0.778. The Morgan fingerprint density at radius 2 is 1.97 bits per heavy atom. The molecule has 1 aliphatic rings. The Bertz CT molecular complexity index is 1460.